The minimum Gasteiger partial charge on any atom is -0.300 e. The minimum absolute atomic E-state index is 0.0907. The molecule has 1 heterocycles. The molecule has 0 aliphatic heterocycles. The maximum absolute atomic E-state index is 10.8. The largest absolute Gasteiger partial charge is 0.300 e. The van der Waals surface area contributed by atoms with Gasteiger partial charge in [-0.2, -0.15) is 0 Å². The van der Waals surface area contributed by atoms with Crippen LogP contribution in [0.4, 0.5) is 5.69 Å². The Labute approximate surface area is 86.1 Å². The summed E-state index contributed by atoms with van der Waals surface area (Å²) in [7, 11) is 0. The number of imidazole rings is 1. The molecule has 15 heavy (non-hydrogen) atoms. The molecule has 0 N–H and O–H groups in total. The van der Waals surface area contributed by atoms with Crippen LogP contribution in [-0.4, -0.2) is 14.5 Å². The van der Waals surface area contributed by atoms with Crippen molar-refractivity contribution < 1.29 is 4.92 Å². The van der Waals surface area contributed by atoms with Gasteiger partial charge in [-0.05, 0) is 18.6 Å². The summed E-state index contributed by atoms with van der Waals surface area (Å²) in [5.74, 6) is 0. The van der Waals surface area contributed by atoms with Crippen LogP contribution in [0.2, 0.25) is 0 Å². The van der Waals surface area contributed by atoms with Crippen molar-refractivity contribution >= 4 is 5.69 Å². The average Bonchev–Trinajstić information content (AvgIpc) is 2.70. The summed E-state index contributed by atoms with van der Waals surface area (Å²) in [6, 6.07) is 5.10. The van der Waals surface area contributed by atoms with E-state index in [9.17, 15) is 10.1 Å². The molecule has 0 amide bonds. The van der Waals surface area contributed by atoms with E-state index in [4.69, 9.17) is 0 Å². The first-order chi connectivity index (χ1) is 7.18. The van der Waals surface area contributed by atoms with Gasteiger partial charge in [0.2, 0.25) is 0 Å². The Morgan fingerprint density at radius 1 is 1.47 bits per heavy atom. The second kappa shape index (κ2) is 3.53. The molecule has 0 aliphatic carbocycles. The van der Waals surface area contributed by atoms with Crippen molar-refractivity contribution in [3.63, 3.8) is 0 Å². The van der Waals surface area contributed by atoms with Gasteiger partial charge >= 0.3 is 0 Å². The predicted octanol–water partition coefficient (Wildman–Crippen LogP) is 2.09. The van der Waals surface area contributed by atoms with Crippen molar-refractivity contribution in [1.29, 1.82) is 0 Å². The number of nitro groups is 1. The maximum atomic E-state index is 10.8. The monoisotopic (exact) mass is 203 g/mol. The fourth-order valence-corrected chi connectivity index (χ4v) is 1.40. The highest BCUT2D eigenvalue weighted by Gasteiger charge is 2.14. The normalized spacial score (nSPS) is 10.2. The standard InChI is InChI=1S/C10H9N3O2/c1-8-2-3-9(10(6-8)13(14)15)12-5-4-11-7-12/h2-7H,1H3. The molecule has 0 atom stereocenters. The van der Waals surface area contributed by atoms with E-state index in [1.54, 1.807) is 29.1 Å². The van der Waals surface area contributed by atoms with Gasteiger partial charge in [-0.15, -0.1) is 0 Å². The van der Waals surface area contributed by atoms with Gasteiger partial charge in [0.15, 0.2) is 0 Å². The predicted molar refractivity (Wildman–Crippen MR) is 55.0 cm³/mol. The summed E-state index contributed by atoms with van der Waals surface area (Å²) < 4.78 is 1.62. The Bertz CT molecular complexity index is 491. The van der Waals surface area contributed by atoms with Crippen molar-refractivity contribution in [1.82, 2.24) is 9.55 Å². The summed E-state index contributed by atoms with van der Waals surface area (Å²) >= 11 is 0. The lowest BCUT2D eigenvalue weighted by molar-refractivity contribution is -0.384. The molecule has 0 aliphatic rings. The van der Waals surface area contributed by atoms with Crippen LogP contribution in [0.3, 0.4) is 0 Å². The lowest BCUT2D eigenvalue weighted by Gasteiger charge is -2.03. The van der Waals surface area contributed by atoms with Gasteiger partial charge < -0.3 is 4.57 Å². The molecule has 1 aromatic heterocycles. The Balaban J connectivity index is 2.61. The first-order valence-electron chi connectivity index (χ1n) is 4.42. The van der Waals surface area contributed by atoms with E-state index in [0.717, 1.165) is 5.56 Å². The lowest BCUT2D eigenvalue weighted by Crippen LogP contribution is -1.98. The van der Waals surface area contributed by atoms with Gasteiger partial charge in [0.25, 0.3) is 5.69 Å². The fourth-order valence-electron chi connectivity index (χ4n) is 1.40. The van der Waals surface area contributed by atoms with Crippen molar-refractivity contribution in [2.45, 2.75) is 6.92 Å². The summed E-state index contributed by atoms with van der Waals surface area (Å²) in [4.78, 5) is 14.3. The number of aryl methyl sites for hydroxylation is 1. The third-order valence-electron chi connectivity index (χ3n) is 2.11. The van der Waals surface area contributed by atoms with Crippen LogP contribution in [0.5, 0.6) is 0 Å². The molecule has 0 unspecified atom stereocenters. The lowest BCUT2D eigenvalue weighted by atomic mass is 10.2. The Morgan fingerprint density at radius 3 is 2.87 bits per heavy atom. The second-order valence-electron chi connectivity index (χ2n) is 3.22. The molecular formula is C10H9N3O2. The number of aromatic nitrogens is 2. The van der Waals surface area contributed by atoms with Crippen molar-refractivity contribution in [2.24, 2.45) is 0 Å². The van der Waals surface area contributed by atoms with E-state index in [1.165, 1.54) is 6.33 Å². The second-order valence-corrected chi connectivity index (χ2v) is 3.22. The van der Waals surface area contributed by atoms with E-state index in [0.29, 0.717) is 5.69 Å². The van der Waals surface area contributed by atoms with Crippen molar-refractivity contribution in [3.8, 4) is 5.69 Å². The topological polar surface area (TPSA) is 61.0 Å². The summed E-state index contributed by atoms with van der Waals surface area (Å²) in [5, 5.41) is 10.8. The quantitative estimate of drug-likeness (QED) is 0.554. The van der Waals surface area contributed by atoms with Crippen LogP contribution in [-0.2, 0) is 0 Å². The number of nitro benzene ring substituents is 1. The van der Waals surface area contributed by atoms with Crippen molar-refractivity contribution in [3.05, 3.63) is 52.6 Å². The number of benzene rings is 1. The smallest absolute Gasteiger partial charge is 0.293 e. The first-order valence-corrected chi connectivity index (χ1v) is 4.42. The van der Waals surface area contributed by atoms with Crippen molar-refractivity contribution in [2.75, 3.05) is 0 Å². The van der Waals surface area contributed by atoms with Crippen LogP contribution < -0.4 is 0 Å². The van der Waals surface area contributed by atoms with Crippen LogP contribution in [0.15, 0.2) is 36.9 Å². The van der Waals surface area contributed by atoms with E-state index in [2.05, 4.69) is 4.98 Å². The highest BCUT2D eigenvalue weighted by atomic mass is 16.6. The van der Waals surface area contributed by atoms with Gasteiger partial charge in [-0.25, -0.2) is 4.98 Å². The zero-order valence-electron chi connectivity index (χ0n) is 8.12. The molecule has 0 saturated heterocycles. The fraction of sp³-hybridized carbons (Fsp3) is 0.100. The molecule has 2 aromatic rings. The van der Waals surface area contributed by atoms with E-state index in [1.807, 2.05) is 13.0 Å². The molecule has 0 radical (unpaired) electrons. The summed E-state index contributed by atoms with van der Waals surface area (Å²) in [6.45, 7) is 1.82. The number of nitrogens with zero attached hydrogens (tertiary/aromatic N) is 3. The summed E-state index contributed by atoms with van der Waals surface area (Å²) in [6.07, 6.45) is 4.80. The zero-order chi connectivity index (χ0) is 10.8. The maximum Gasteiger partial charge on any atom is 0.293 e. The molecule has 0 fully saturated rings. The molecule has 76 valence electrons. The Kier molecular flexibility index (Phi) is 2.21. The molecule has 0 saturated carbocycles. The minimum atomic E-state index is -0.387. The van der Waals surface area contributed by atoms with Gasteiger partial charge in [0.05, 0.1) is 11.3 Å². The molecule has 2 rings (SSSR count). The number of rotatable bonds is 2. The molecule has 5 nitrogen and oxygen atoms in total. The van der Waals surface area contributed by atoms with Crippen LogP contribution in [0, 0.1) is 17.0 Å². The first kappa shape index (κ1) is 9.39. The highest BCUT2D eigenvalue weighted by Crippen LogP contribution is 2.23. The highest BCUT2D eigenvalue weighted by molar-refractivity contribution is 5.53. The van der Waals surface area contributed by atoms with Gasteiger partial charge in [0, 0.05) is 18.5 Å². The third-order valence-corrected chi connectivity index (χ3v) is 2.11. The van der Waals surface area contributed by atoms with E-state index in [-0.39, 0.29) is 10.6 Å². The van der Waals surface area contributed by atoms with Crippen LogP contribution in [0.1, 0.15) is 5.56 Å². The average molecular weight is 203 g/mol. The molecule has 0 bridgehead atoms. The Morgan fingerprint density at radius 2 is 2.27 bits per heavy atom. The summed E-state index contributed by atoms with van der Waals surface area (Å²) in [5.41, 5.74) is 1.49. The molecule has 5 heteroatoms. The van der Waals surface area contributed by atoms with E-state index >= 15 is 0 Å². The van der Waals surface area contributed by atoms with Crippen LogP contribution in [0.25, 0.3) is 5.69 Å². The van der Waals surface area contributed by atoms with Gasteiger partial charge in [-0.1, -0.05) is 6.07 Å². The molecule has 0 spiro atoms. The molecular weight excluding hydrogens is 194 g/mol. The van der Waals surface area contributed by atoms with Gasteiger partial charge in [-0.3, -0.25) is 10.1 Å². The number of hydrogen-bond donors (Lipinski definition) is 0. The SMILES string of the molecule is Cc1ccc(-n2ccnc2)c([N+](=O)[O-])c1. The molecule has 1 aromatic carbocycles. The zero-order valence-corrected chi connectivity index (χ0v) is 8.12. The van der Waals surface area contributed by atoms with E-state index < -0.39 is 0 Å². The third kappa shape index (κ3) is 1.71. The Hall–Kier alpha value is -2.17. The number of hydrogen-bond acceptors (Lipinski definition) is 3. The van der Waals surface area contributed by atoms with Crippen LogP contribution >= 0.6 is 0 Å². The van der Waals surface area contributed by atoms with Gasteiger partial charge in [0.1, 0.15) is 5.69 Å².